The minimum atomic E-state index is 1.17. The first kappa shape index (κ1) is 13.0. The fourth-order valence-corrected chi connectivity index (χ4v) is 2.85. The Labute approximate surface area is 121 Å². The Morgan fingerprint density at radius 2 is 1.45 bits per heavy atom. The van der Waals surface area contributed by atoms with Crippen LogP contribution in [0.4, 0.5) is 17.1 Å². The van der Waals surface area contributed by atoms with Gasteiger partial charge in [-0.25, -0.2) is 0 Å². The maximum Gasteiger partial charge on any atom is 0.0622 e. The predicted octanol–water partition coefficient (Wildman–Crippen LogP) is 4.73. The molecule has 0 bridgehead atoms. The zero-order chi connectivity index (χ0) is 13.8. The molecule has 0 amide bonds. The minimum Gasteiger partial charge on any atom is -0.370 e. The van der Waals surface area contributed by atoms with Crippen LogP contribution in [0.3, 0.4) is 0 Å². The zero-order valence-electron chi connectivity index (χ0n) is 12.1. The van der Waals surface area contributed by atoms with Crippen molar-refractivity contribution in [3.8, 4) is 0 Å². The van der Waals surface area contributed by atoms with Crippen LogP contribution >= 0.6 is 0 Å². The number of hydrogen-bond acceptors (Lipinski definition) is 2. The number of piperidine rings is 1. The quantitative estimate of drug-likeness (QED) is 0.864. The molecule has 0 saturated carbocycles. The molecule has 3 rings (SSSR count). The number of nitrogens with zero attached hydrogens (tertiary/aromatic N) is 1. The number of nitrogens with one attached hydrogen (secondary N) is 1. The van der Waals surface area contributed by atoms with Crippen molar-refractivity contribution in [2.24, 2.45) is 0 Å². The second-order valence-electron chi connectivity index (χ2n) is 5.50. The molecule has 1 saturated heterocycles. The van der Waals surface area contributed by atoms with Gasteiger partial charge in [0.25, 0.3) is 0 Å². The van der Waals surface area contributed by atoms with Gasteiger partial charge in [0, 0.05) is 18.8 Å². The Morgan fingerprint density at radius 3 is 2.20 bits per heavy atom. The van der Waals surface area contributed by atoms with Crippen LogP contribution in [-0.2, 0) is 0 Å². The van der Waals surface area contributed by atoms with Crippen LogP contribution in [0, 0.1) is 6.92 Å². The van der Waals surface area contributed by atoms with E-state index < -0.39 is 0 Å². The van der Waals surface area contributed by atoms with Crippen LogP contribution < -0.4 is 10.2 Å². The van der Waals surface area contributed by atoms with E-state index in [1.807, 2.05) is 0 Å². The van der Waals surface area contributed by atoms with E-state index in [0.29, 0.717) is 0 Å². The topological polar surface area (TPSA) is 15.3 Å². The standard InChI is InChI=1S/C18H22N2/c1-15-9-3-4-10-16(15)19-17-11-5-6-12-18(17)20-13-7-2-8-14-20/h3-6,9-12,19H,2,7-8,13-14H2,1H3. The number of benzene rings is 2. The molecule has 0 spiro atoms. The van der Waals surface area contributed by atoms with Gasteiger partial charge in [0.1, 0.15) is 0 Å². The fourth-order valence-electron chi connectivity index (χ4n) is 2.85. The van der Waals surface area contributed by atoms with Crippen molar-refractivity contribution in [2.45, 2.75) is 26.2 Å². The molecule has 2 nitrogen and oxygen atoms in total. The average Bonchev–Trinajstić information content (AvgIpc) is 2.51. The van der Waals surface area contributed by atoms with Crippen LogP contribution in [0.2, 0.25) is 0 Å². The number of aryl methyl sites for hydroxylation is 1. The molecule has 1 aliphatic heterocycles. The van der Waals surface area contributed by atoms with Gasteiger partial charge in [-0.1, -0.05) is 30.3 Å². The van der Waals surface area contributed by atoms with Gasteiger partial charge < -0.3 is 10.2 Å². The largest absolute Gasteiger partial charge is 0.370 e. The molecule has 1 heterocycles. The van der Waals surface area contributed by atoms with E-state index in [1.54, 1.807) is 0 Å². The highest BCUT2D eigenvalue weighted by atomic mass is 15.1. The lowest BCUT2D eigenvalue weighted by molar-refractivity contribution is 0.578. The summed E-state index contributed by atoms with van der Waals surface area (Å²) in [5.74, 6) is 0. The van der Waals surface area contributed by atoms with E-state index >= 15 is 0 Å². The molecule has 20 heavy (non-hydrogen) atoms. The number of anilines is 3. The third kappa shape index (κ3) is 2.79. The van der Waals surface area contributed by atoms with Crippen LogP contribution in [-0.4, -0.2) is 13.1 Å². The summed E-state index contributed by atoms with van der Waals surface area (Å²) in [4.78, 5) is 2.50. The van der Waals surface area contributed by atoms with Gasteiger partial charge in [-0.15, -0.1) is 0 Å². The van der Waals surface area contributed by atoms with Crippen molar-refractivity contribution in [3.63, 3.8) is 0 Å². The van der Waals surface area contributed by atoms with Crippen LogP contribution in [0.1, 0.15) is 24.8 Å². The molecule has 0 unspecified atom stereocenters. The van der Waals surface area contributed by atoms with E-state index in [-0.39, 0.29) is 0 Å². The lowest BCUT2D eigenvalue weighted by Crippen LogP contribution is -2.29. The molecule has 104 valence electrons. The normalized spacial score (nSPS) is 15.2. The summed E-state index contributed by atoms with van der Waals surface area (Å²) in [6.45, 7) is 4.49. The van der Waals surface area contributed by atoms with Gasteiger partial charge in [-0.05, 0) is 49.9 Å². The predicted molar refractivity (Wildman–Crippen MR) is 87.0 cm³/mol. The smallest absolute Gasteiger partial charge is 0.0622 e. The Balaban J connectivity index is 1.88. The molecule has 1 N–H and O–H groups in total. The number of para-hydroxylation sites is 3. The molecule has 0 aromatic heterocycles. The first-order valence-electron chi connectivity index (χ1n) is 7.51. The lowest BCUT2D eigenvalue weighted by atomic mass is 10.1. The third-order valence-corrected chi connectivity index (χ3v) is 4.02. The number of rotatable bonds is 3. The van der Waals surface area contributed by atoms with Gasteiger partial charge in [-0.2, -0.15) is 0 Å². The van der Waals surface area contributed by atoms with E-state index in [4.69, 9.17) is 0 Å². The van der Waals surface area contributed by atoms with Crippen molar-refractivity contribution in [3.05, 3.63) is 54.1 Å². The van der Waals surface area contributed by atoms with E-state index in [2.05, 4.69) is 65.7 Å². The number of hydrogen-bond donors (Lipinski definition) is 1. The Bertz CT molecular complexity index is 571. The van der Waals surface area contributed by atoms with Gasteiger partial charge in [0.15, 0.2) is 0 Å². The van der Waals surface area contributed by atoms with Crippen molar-refractivity contribution >= 4 is 17.1 Å². The molecular formula is C18H22N2. The highest BCUT2D eigenvalue weighted by molar-refractivity contribution is 5.76. The van der Waals surface area contributed by atoms with E-state index in [9.17, 15) is 0 Å². The van der Waals surface area contributed by atoms with Crippen molar-refractivity contribution in [1.29, 1.82) is 0 Å². The first-order valence-corrected chi connectivity index (χ1v) is 7.51. The summed E-state index contributed by atoms with van der Waals surface area (Å²) in [6.07, 6.45) is 3.97. The van der Waals surface area contributed by atoms with Crippen LogP contribution in [0.15, 0.2) is 48.5 Å². The van der Waals surface area contributed by atoms with Crippen molar-refractivity contribution in [1.82, 2.24) is 0 Å². The molecule has 0 aliphatic carbocycles. The van der Waals surface area contributed by atoms with Crippen molar-refractivity contribution in [2.75, 3.05) is 23.3 Å². The summed E-state index contributed by atoms with van der Waals surface area (Å²) in [5, 5.41) is 3.60. The fraction of sp³-hybridized carbons (Fsp3) is 0.333. The second-order valence-corrected chi connectivity index (χ2v) is 5.50. The molecule has 0 radical (unpaired) electrons. The Kier molecular flexibility index (Phi) is 3.91. The molecule has 1 fully saturated rings. The Morgan fingerprint density at radius 1 is 0.800 bits per heavy atom. The lowest BCUT2D eigenvalue weighted by Gasteiger charge is -2.30. The molecule has 2 aromatic rings. The average molecular weight is 266 g/mol. The summed E-state index contributed by atoms with van der Waals surface area (Å²) in [7, 11) is 0. The Hall–Kier alpha value is -1.96. The highest BCUT2D eigenvalue weighted by Gasteiger charge is 2.14. The molecule has 2 aromatic carbocycles. The monoisotopic (exact) mass is 266 g/mol. The summed E-state index contributed by atoms with van der Waals surface area (Å²) >= 11 is 0. The minimum absolute atomic E-state index is 1.17. The summed E-state index contributed by atoms with van der Waals surface area (Å²) in [5.41, 5.74) is 5.01. The maximum absolute atomic E-state index is 3.60. The van der Waals surface area contributed by atoms with E-state index in [1.165, 1.54) is 55.0 Å². The van der Waals surface area contributed by atoms with Gasteiger partial charge >= 0.3 is 0 Å². The van der Waals surface area contributed by atoms with Crippen LogP contribution in [0.5, 0.6) is 0 Å². The highest BCUT2D eigenvalue weighted by Crippen LogP contribution is 2.31. The molecule has 0 atom stereocenters. The van der Waals surface area contributed by atoms with Gasteiger partial charge in [-0.3, -0.25) is 0 Å². The second kappa shape index (κ2) is 6.00. The maximum atomic E-state index is 3.60. The van der Waals surface area contributed by atoms with Crippen molar-refractivity contribution < 1.29 is 0 Å². The third-order valence-electron chi connectivity index (χ3n) is 4.02. The molecule has 1 aliphatic rings. The summed E-state index contributed by atoms with van der Waals surface area (Å²) < 4.78 is 0. The molecular weight excluding hydrogens is 244 g/mol. The van der Waals surface area contributed by atoms with Gasteiger partial charge in [0.2, 0.25) is 0 Å². The first-order chi connectivity index (χ1) is 9.84. The molecule has 2 heteroatoms. The van der Waals surface area contributed by atoms with E-state index in [0.717, 1.165) is 0 Å². The van der Waals surface area contributed by atoms with Gasteiger partial charge in [0.05, 0.1) is 11.4 Å². The zero-order valence-corrected chi connectivity index (χ0v) is 12.1. The summed E-state index contributed by atoms with van der Waals surface area (Å²) in [6, 6.07) is 17.1. The SMILES string of the molecule is Cc1ccccc1Nc1ccccc1N1CCCCC1. The van der Waals surface area contributed by atoms with Crippen LogP contribution in [0.25, 0.3) is 0 Å².